The molecule has 0 fully saturated rings. The van der Waals surface area contributed by atoms with Crippen LogP contribution in [-0.2, 0) is 17.3 Å². The minimum atomic E-state index is -4.66. The summed E-state index contributed by atoms with van der Waals surface area (Å²) in [5.41, 5.74) is -1.11. The van der Waals surface area contributed by atoms with Crippen LogP contribution in [0, 0.1) is 0 Å². The zero-order valence-electron chi connectivity index (χ0n) is 17.4. The van der Waals surface area contributed by atoms with E-state index < -0.39 is 57.2 Å². The number of halogens is 7. The van der Waals surface area contributed by atoms with Crippen LogP contribution >= 0.6 is 27.9 Å². The summed E-state index contributed by atoms with van der Waals surface area (Å²) in [6.45, 7) is 2.91. The van der Waals surface area contributed by atoms with E-state index in [0.717, 1.165) is 16.2 Å². The van der Waals surface area contributed by atoms with E-state index >= 15 is 0 Å². The Bertz CT molecular complexity index is 1160. The van der Waals surface area contributed by atoms with Crippen LogP contribution < -0.4 is 15.9 Å². The average molecular weight is 601 g/mol. The van der Waals surface area contributed by atoms with Crippen molar-refractivity contribution in [1.29, 1.82) is 0 Å². The number of hydrogen-bond acceptors (Lipinski definition) is 3. The second-order valence-electron chi connectivity index (χ2n) is 7.45. The molecule has 0 amide bonds. The van der Waals surface area contributed by atoms with Gasteiger partial charge in [-0.15, -0.1) is 0 Å². The predicted octanol–water partition coefficient (Wildman–Crippen LogP) is 6.07. The highest BCUT2D eigenvalue weighted by Crippen LogP contribution is 2.35. The van der Waals surface area contributed by atoms with E-state index in [-0.39, 0.29) is 12.1 Å². The Morgan fingerprint density at radius 3 is 2.24 bits per heavy atom. The Morgan fingerprint density at radius 1 is 1.00 bits per heavy atom. The number of rotatable bonds is 5. The molecular formula is C21H19F6IN3OP. The molecule has 2 N–H and O–H groups in total. The van der Waals surface area contributed by atoms with E-state index in [4.69, 9.17) is 0 Å². The third kappa shape index (κ3) is 6.92. The number of amidine groups is 1. The van der Waals surface area contributed by atoms with Gasteiger partial charge < -0.3 is 15.2 Å². The largest absolute Gasteiger partial charge is 0.420 e. The fourth-order valence-electron chi connectivity index (χ4n) is 2.79. The third-order valence-electron chi connectivity index (χ3n) is 4.48. The summed E-state index contributed by atoms with van der Waals surface area (Å²) >= 11 is -1.20. The first-order valence-electron chi connectivity index (χ1n) is 9.42. The molecule has 0 aromatic heterocycles. The van der Waals surface area contributed by atoms with Gasteiger partial charge in [-0.3, -0.25) is 4.99 Å². The molecule has 0 spiro atoms. The van der Waals surface area contributed by atoms with E-state index in [9.17, 15) is 30.9 Å². The van der Waals surface area contributed by atoms with Crippen molar-refractivity contribution in [2.75, 3.05) is 18.6 Å². The number of aliphatic imine (C=N–C) groups is 1. The summed E-state index contributed by atoms with van der Waals surface area (Å²) < 4.78 is 92.7. The van der Waals surface area contributed by atoms with E-state index in [2.05, 4.69) is 15.6 Å². The molecule has 0 aliphatic carbocycles. The van der Waals surface area contributed by atoms with Crippen molar-refractivity contribution in [3.8, 4) is 0 Å². The van der Waals surface area contributed by atoms with Gasteiger partial charge in [-0.25, -0.2) is 0 Å². The summed E-state index contributed by atoms with van der Waals surface area (Å²) in [7, 11) is -2.44. The highest BCUT2D eigenvalue weighted by Gasteiger charge is 2.38. The molecule has 1 aliphatic rings. The van der Waals surface area contributed by atoms with Crippen LogP contribution in [0.1, 0.15) is 11.1 Å². The van der Waals surface area contributed by atoms with E-state index in [0.29, 0.717) is 14.7 Å². The minimum absolute atomic E-state index is 0.134. The van der Waals surface area contributed by atoms with E-state index in [1.165, 1.54) is 12.1 Å². The van der Waals surface area contributed by atoms with Gasteiger partial charge in [-0.2, -0.15) is 26.3 Å². The second kappa shape index (κ2) is 9.61. The lowest BCUT2D eigenvalue weighted by Gasteiger charge is -2.22. The highest BCUT2D eigenvalue weighted by atomic mass is 127. The fraction of sp³-hybridized carbons (Fsp3) is 0.238. The maximum Gasteiger partial charge on any atom is 0.420 e. The lowest BCUT2D eigenvalue weighted by Crippen LogP contribution is -2.40. The molecule has 2 aromatic rings. The van der Waals surface area contributed by atoms with Crippen LogP contribution in [0.4, 0.5) is 32.0 Å². The van der Waals surface area contributed by atoms with Gasteiger partial charge >= 0.3 is 12.4 Å². The van der Waals surface area contributed by atoms with Crippen molar-refractivity contribution in [2.45, 2.75) is 18.9 Å². The monoisotopic (exact) mass is 601 g/mol. The molecule has 0 radical (unpaired) electrons. The Kier molecular flexibility index (Phi) is 7.42. The van der Waals surface area contributed by atoms with Gasteiger partial charge in [0, 0.05) is 11.0 Å². The molecule has 0 atom stereocenters. The molecule has 0 bridgehead atoms. The predicted molar refractivity (Wildman–Crippen MR) is 128 cm³/mol. The average Bonchev–Trinajstić information content (AvgIpc) is 2.71. The summed E-state index contributed by atoms with van der Waals surface area (Å²) in [4.78, 5) is 3.93. The smallest absolute Gasteiger partial charge is 0.337 e. The summed E-state index contributed by atoms with van der Waals surface area (Å²) in [6.07, 6.45) is -9.21. The summed E-state index contributed by atoms with van der Waals surface area (Å²) in [5, 5.41) is 6.34. The molecular weight excluding hydrogens is 582 g/mol. The van der Waals surface area contributed by atoms with Gasteiger partial charge in [0.05, 0.1) is 12.1 Å². The van der Waals surface area contributed by atoms with Gasteiger partial charge in [0.25, 0.3) is 0 Å². The number of alkyl halides is 6. The van der Waals surface area contributed by atoms with Crippen LogP contribution in [-0.4, -0.2) is 29.1 Å². The van der Waals surface area contributed by atoms with Crippen LogP contribution in [0.5, 0.6) is 0 Å². The molecule has 3 rings (SSSR count). The number of anilines is 1. The van der Waals surface area contributed by atoms with Crippen molar-refractivity contribution < 1.29 is 30.9 Å². The molecule has 0 saturated carbocycles. The topological polar surface area (TPSA) is 53.5 Å². The first-order chi connectivity index (χ1) is 15.2. The standard InChI is InChI=1S/C21H19F6IN3OP/c1-33(2,32)16-8-6-15(7-9-16)30-19-28-11-17(21(25,26)27)18(31-19)29-12-13-4-3-5-14(10-13)20(22,23)24/h3-11H,12H2,1-2H3,(H2,29,30,31). The molecule has 33 heavy (non-hydrogen) atoms. The zero-order valence-corrected chi connectivity index (χ0v) is 20.4. The maximum absolute atomic E-state index is 13.5. The van der Waals surface area contributed by atoms with Crippen molar-refractivity contribution >= 4 is 48.5 Å². The number of hydrogen-bond donors (Lipinski definition) is 2. The first-order valence-corrected chi connectivity index (χ1v) is 14.3. The molecule has 4 nitrogen and oxygen atoms in total. The van der Waals surface area contributed by atoms with Crippen molar-refractivity contribution in [2.24, 2.45) is 4.99 Å². The van der Waals surface area contributed by atoms with Crippen LogP contribution in [0.15, 0.2) is 63.2 Å². The van der Waals surface area contributed by atoms with Gasteiger partial charge in [0.15, 0.2) is 0 Å². The molecule has 1 aliphatic heterocycles. The zero-order chi connectivity index (χ0) is 24.4. The van der Waals surface area contributed by atoms with Crippen LogP contribution in [0.2, 0.25) is 0 Å². The minimum Gasteiger partial charge on any atom is -0.337 e. The lowest BCUT2D eigenvalue weighted by atomic mass is 10.1. The van der Waals surface area contributed by atoms with Crippen molar-refractivity contribution in [3.05, 3.63) is 69.3 Å². The second-order valence-corrected chi connectivity index (χ2v) is 13.0. The highest BCUT2D eigenvalue weighted by molar-refractivity contribution is 14.2. The van der Waals surface area contributed by atoms with Gasteiger partial charge in [0.1, 0.15) is 22.3 Å². The quantitative estimate of drug-likeness (QED) is 0.249. The van der Waals surface area contributed by atoms with E-state index in [1.807, 2.05) is 0 Å². The normalized spacial score (nSPS) is 16.4. The molecule has 12 heteroatoms. The van der Waals surface area contributed by atoms with E-state index in [1.54, 1.807) is 37.6 Å². The molecule has 0 saturated heterocycles. The summed E-state index contributed by atoms with van der Waals surface area (Å²) in [5.74, 6) is -0.461. The Morgan fingerprint density at radius 2 is 1.67 bits per heavy atom. The molecule has 0 unspecified atom stereocenters. The van der Waals surface area contributed by atoms with Gasteiger partial charge in [-0.05, 0) is 80.1 Å². The SMILES string of the molecule is CP(C)(=O)c1ccc(NC2=IC=C(C(F)(F)F)C(=NCc3cccc(C(F)(F)F)c3)N2)cc1. The first kappa shape index (κ1) is 25.5. The van der Waals surface area contributed by atoms with Crippen LogP contribution in [0.3, 0.4) is 0 Å². The van der Waals surface area contributed by atoms with Gasteiger partial charge in [0.2, 0.25) is 0 Å². The lowest BCUT2D eigenvalue weighted by molar-refractivity contribution is -0.137. The van der Waals surface area contributed by atoms with Gasteiger partial charge in [-0.1, -0.05) is 12.1 Å². The third-order valence-corrected chi connectivity index (χ3v) is 8.12. The van der Waals surface area contributed by atoms with Crippen molar-refractivity contribution in [1.82, 2.24) is 5.32 Å². The number of nitrogens with zero attached hydrogens (tertiary/aromatic N) is 1. The molecule has 2 aromatic carbocycles. The Labute approximate surface area is 196 Å². The fourth-order valence-corrected chi connectivity index (χ4v) is 5.80. The maximum atomic E-state index is 13.5. The number of benzene rings is 2. The number of nitrogens with one attached hydrogen (secondary N) is 2. The van der Waals surface area contributed by atoms with Crippen molar-refractivity contribution in [3.63, 3.8) is 0 Å². The molecule has 1 heterocycles. The molecule has 178 valence electrons. The summed E-state index contributed by atoms with van der Waals surface area (Å²) in [6, 6.07) is 11.0. The van der Waals surface area contributed by atoms with Crippen LogP contribution in [0.25, 0.3) is 0 Å². The Balaban J connectivity index is 1.83. The Hall–Kier alpha value is -2.14.